The minimum Gasteiger partial charge on any atom is -0.428 e. The molecule has 1 aromatic heterocycles. The Morgan fingerprint density at radius 2 is 2.18 bits per heavy atom. The van der Waals surface area contributed by atoms with Gasteiger partial charge in [0, 0.05) is 19.1 Å². The monoisotopic (exact) mass is 236 g/mol. The van der Waals surface area contributed by atoms with E-state index in [2.05, 4.69) is 6.58 Å². The summed E-state index contributed by atoms with van der Waals surface area (Å²) in [6.07, 6.45) is 4.13. The molecule has 0 saturated heterocycles. The van der Waals surface area contributed by atoms with Gasteiger partial charge in [-0.1, -0.05) is 26.5 Å². The van der Waals surface area contributed by atoms with Gasteiger partial charge in [0.15, 0.2) is 0 Å². The zero-order chi connectivity index (χ0) is 12.9. The van der Waals surface area contributed by atoms with Crippen LogP contribution in [0.15, 0.2) is 27.9 Å². The first-order valence-electron chi connectivity index (χ1n) is 5.84. The molecule has 1 N–H and O–H groups in total. The highest BCUT2D eigenvalue weighted by atomic mass is 16.4. The van der Waals surface area contributed by atoms with Gasteiger partial charge >= 0.3 is 5.63 Å². The molecule has 1 heterocycles. The molecule has 0 aliphatic heterocycles. The summed E-state index contributed by atoms with van der Waals surface area (Å²) in [7, 11) is 0. The Balaban J connectivity index is 2.61. The van der Waals surface area contributed by atoms with E-state index in [1.807, 2.05) is 19.9 Å². The Hall–Kier alpha value is -1.35. The average Bonchev–Trinajstić information content (AvgIpc) is 2.28. The fourth-order valence-corrected chi connectivity index (χ4v) is 1.61. The minimum atomic E-state index is -0.334. The Morgan fingerprint density at radius 3 is 2.76 bits per heavy atom. The third-order valence-electron chi connectivity index (χ3n) is 2.78. The van der Waals surface area contributed by atoms with E-state index in [1.165, 1.54) is 6.07 Å². The predicted molar refractivity (Wildman–Crippen MR) is 68.9 cm³/mol. The van der Waals surface area contributed by atoms with E-state index < -0.39 is 0 Å². The molecule has 94 valence electrons. The number of aliphatic hydroxyl groups excluding tert-OH is 1. The lowest BCUT2D eigenvalue weighted by atomic mass is 9.88. The Morgan fingerprint density at radius 1 is 1.47 bits per heavy atom. The molecule has 0 unspecified atom stereocenters. The maximum absolute atomic E-state index is 11.2. The molecule has 0 amide bonds. The van der Waals surface area contributed by atoms with Crippen LogP contribution in [0.25, 0.3) is 6.08 Å². The maximum Gasteiger partial charge on any atom is 0.336 e. The van der Waals surface area contributed by atoms with Crippen LogP contribution in [0.5, 0.6) is 0 Å². The van der Waals surface area contributed by atoms with E-state index in [-0.39, 0.29) is 17.6 Å². The van der Waals surface area contributed by atoms with Crippen molar-refractivity contribution in [3.63, 3.8) is 0 Å². The second-order valence-electron chi connectivity index (χ2n) is 5.06. The standard InChI is InChI=1S/C14H20O3/c1-4-11-8-12(17-13(16)9-11)6-5-7-14(2,3)10-15/h4,8-9,15H,1,5-7,10H2,2-3H3. The zero-order valence-corrected chi connectivity index (χ0v) is 10.5. The maximum atomic E-state index is 11.2. The fraction of sp³-hybridized carbons (Fsp3) is 0.500. The van der Waals surface area contributed by atoms with Crippen molar-refractivity contribution in [3.05, 3.63) is 40.5 Å². The van der Waals surface area contributed by atoms with E-state index in [0.717, 1.165) is 18.4 Å². The van der Waals surface area contributed by atoms with Crippen LogP contribution in [-0.2, 0) is 6.42 Å². The summed E-state index contributed by atoms with van der Waals surface area (Å²) in [5.74, 6) is 0.682. The van der Waals surface area contributed by atoms with E-state index in [1.54, 1.807) is 6.08 Å². The largest absolute Gasteiger partial charge is 0.428 e. The highest BCUT2D eigenvalue weighted by molar-refractivity contribution is 5.45. The highest BCUT2D eigenvalue weighted by Crippen LogP contribution is 2.22. The first-order chi connectivity index (χ1) is 7.96. The van der Waals surface area contributed by atoms with Crippen LogP contribution < -0.4 is 5.63 Å². The van der Waals surface area contributed by atoms with Gasteiger partial charge in [-0.05, 0) is 29.9 Å². The van der Waals surface area contributed by atoms with E-state index in [0.29, 0.717) is 12.2 Å². The summed E-state index contributed by atoms with van der Waals surface area (Å²) in [4.78, 5) is 11.2. The lowest BCUT2D eigenvalue weighted by Crippen LogP contribution is -2.16. The first kappa shape index (κ1) is 13.7. The highest BCUT2D eigenvalue weighted by Gasteiger charge is 2.15. The normalized spacial score (nSPS) is 11.5. The van der Waals surface area contributed by atoms with Gasteiger partial charge in [-0.3, -0.25) is 0 Å². The molecule has 0 saturated carbocycles. The van der Waals surface area contributed by atoms with Crippen molar-refractivity contribution in [3.8, 4) is 0 Å². The summed E-state index contributed by atoms with van der Waals surface area (Å²) in [6, 6.07) is 3.26. The van der Waals surface area contributed by atoms with Gasteiger partial charge in [0.25, 0.3) is 0 Å². The molecule has 0 bridgehead atoms. The molecular weight excluding hydrogens is 216 g/mol. The van der Waals surface area contributed by atoms with Crippen molar-refractivity contribution in [1.82, 2.24) is 0 Å². The summed E-state index contributed by atoms with van der Waals surface area (Å²) < 4.78 is 5.10. The summed E-state index contributed by atoms with van der Waals surface area (Å²) in [6.45, 7) is 7.84. The molecule has 3 nitrogen and oxygen atoms in total. The average molecular weight is 236 g/mol. The molecule has 1 aromatic rings. The molecule has 0 atom stereocenters. The Kier molecular flexibility index (Phi) is 4.70. The second kappa shape index (κ2) is 5.82. The second-order valence-corrected chi connectivity index (χ2v) is 5.06. The van der Waals surface area contributed by atoms with Gasteiger partial charge in [0.2, 0.25) is 0 Å². The molecule has 0 fully saturated rings. The van der Waals surface area contributed by atoms with Crippen molar-refractivity contribution in [2.45, 2.75) is 33.1 Å². The molecule has 0 aromatic carbocycles. The van der Waals surface area contributed by atoms with E-state index in [4.69, 9.17) is 9.52 Å². The first-order valence-corrected chi connectivity index (χ1v) is 5.84. The summed E-state index contributed by atoms with van der Waals surface area (Å²) in [5.41, 5.74) is 0.382. The lowest BCUT2D eigenvalue weighted by Gasteiger charge is -2.20. The number of aryl methyl sites for hydroxylation is 1. The van der Waals surface area contributed by atoms with Crippen LogP contribution >= 0.6 is 0 Å². The van der Waals surface area contributed by atoms with Gasteiger partial charge < -0.3 is 9.52 Å². The molecule has 17 heavy (non-hydrogen) atoms. The fourth-order valence-electron chi connectivity index (χ4n) is 1.61. The predicted octanol–water partition coefficient (Wildman–Crippen LogP) is 2.62. The van der Waals surface area contributed by atoms with Gasteiger partial charge in [-0.2, -0.15) is 0 Å². The van der Waals surface area contributed by atoms with Crippen molar-refractivity contribution in [2.75, 3.05) is 6.61 Å². The number of aliphatic hydroxyl groups is 1. The third-order valence-corrected chi connectivity index (χ3v) is 2.78. The van der Waals surface area contributed by atoms with Gasteiger partial charge in [0.1, 0.15) is 5.76 Å². The van der Waals surface area contributed by atoms with Crippen LogP contribution in [0, 0.1) is 5.41 Å². The lowest BCUT2D eigenvalue weighted by molar-refractivity contribution is 0.147. The van der Waals surface area contributed by atoms with Gasteiger partial charge in [-0.25, -0.2) is 4.79 Å². The summed E-state index contributed by atoms with van der Waals surface area (Å²) >= 11 is 0. The van der Waals surface area contributed by atoms with Gasteiger partial charge in [-0.15, -0.1) is 0 Å². The van der Waals surface area contributed by atoms with Crippen LogP contribution in [0.4, 0.5) is 0 Å². The molecule has 3 heteroatoms. The Bertz CT molecular complexity index is 429. The molecule has 1 rings (SSSR count). The van der Waals surface area contributed by atoms with Crippen LogP contribution in [0.3, 0.4) is 0 Å². The molecular formula is C14H20O3. The van der Waals surface area contributed by atoms with Gasteiger partial charge in [0.05, 0.1) is 0 Å². The minimum absolute atomic E-state index is 0.0731. The Labute approximate surface area is 102 Å². The van der Waals surface area contributed by atoms with E-state index in [9.17, 15) is 4.79 Å². The van der Waals surface area contributed by atoms with Crippen LogP contribution in [-0.4, -0.2) is 11.7 Å². The van der Waals surface area contributed by atoms with Crippen molar-refractivity contribution < 1.29 is 9.52 Å². The van der Waals surface area contributed by atoms with Crippen molar-refractivity contribution in [2.24, 2.45) is 5.41 Å². The molecule has 0 aliphatic rings. The SMILES string of the molecule is C=Cc1cc(CCCC(C)(C)CO)oc(=O)c1. The quantitative estimate of drug-likeness (QED) is 0.826. The number of rotatable bonds is 6. The number of hydrogen-bond acceptors (Lipinski definition) is 3. The molecule has 0 spiro atoms. The number of hydrogen-bond donors (Lipinski definition) is 1. The topological polar surface area (TPSA) is 50.4 Å². The van der Waals surface area contributed by atoms with Crippen LogP contribution in [0.2, 0.25) is 0 Å². The third kappa shape index (κ3) is 4.57. The zero-order valence-electron chi connectivity index (χ0n) is 10.5. The summed E-state index contributed by atoms with van der Waals surface area (Å²) in [5, 5.41) is 9.13. The molecule has 0 radical (unpaired) electrons. The van der Waals surface area contributed by atoms with E-state index >= 15 is 0 Å². The van der Waals surface area contributed by atoms with Crippen molar-refractivity contribution >= 4 is 6.08 Å². The van der Waals surface area contributed by atoms with Crippen molar-refractivity contribution in [1.29, 1.82) is 0 Å². The van der Waals surface area contributed by atoms with Crippen LogP contribution in [0.1, 0.15) is 38.0 Å². The smallest absolute Gasteiger partial charge is 0.336 e. The molecule has 0 aliphatic carbocycles.